The van der Waals surface area contributed by atoms with Crippen molar-refractivity contribution in [2.24, 2.45) is 0 Å². The summed E-state index contributed by atoms with van der Waals surface area (Å²) in [4.78, 5) is 15.1. The lowest BCUT2D eigenvalue weighted by molar-refractivity contribution is 0.00843. The van der Waals surface area contributed by atoms with Gasteiger partial charge < -0.3 is 5.32 Å². The first-order chi connectivity index (χ1) is 10.3. The van der Waals surface area contributed by atoms with Crippen LogP contribution < -0.4 is 5.32 Å². The van der Waals surface area contributed by atoms with Gasteiger partial charge in [0, 0.05) is 63.5 Å². The van der Waals surface area contributed by atoms with Crippen molar-refractivity contribution in [3.63, 3.8) is 0 Å². The monoisotopic (exact) mass is 287 g/mol. The van der Waals surface area contributed by atoms with Gasteiger partial charge in [0.05, 0.1) is 11.7 Å². The topological polar surface area (TPSA) is 44.3 Å². The molecule has 1 unspecified atom stereocenters. The second-order valence-corrected chi connectivity index (χ2v) is 6.48. The third kappa shape index (κ3) is 2.47. The summed E-state index contributed by atoms with van der Waals surface area (Å²) in [6.07, 6.45) is 3.29. The number of hydrogen-bond acceptors (Lipinski definition) is 5. The molecule has 0 spiro atoms. The van der Waals surface area contributed by atoms with Crippen molar-refractivity contribution in [2.75, 3.05) is 39.3 Å². The van der Waals surface area contributed by atoms with Crippen molar-refractivity contribution in [3.05, 3.63) is 22.8 Å². The molecular weight excluding hydrogens is 262 g/mol. The lowest BCUT2D eigenvalue weighted by Gasteiger charge is -2.46. The molecule has 114 valence electrons. The smallest absolute Gasteiger partial charge is 0.147 e. The molecule has 1 aromatic heterocycles. The maximum Gasteiger partial charge on any atom is 0.147 e. The zero-order chi connectivity index (χ0) is 14.2. The van der Waals surface area contributed by atoms with Crippen molar-refractivity contribution < 1.29 is 0 Å². The van der Waals surface area contributed by atoms with E-state index in [1.807, 2.05) is 0 Å². The van der Waals surface area contributed by atoms with E-state index < -0.39 is 0 Å². The third-order valence-electron chi connectivity index (χ3n) is 5.10. The number of rotatable bonds is 3. The molecule has 1 aromatic rings. The molecule has 21 heavy (non-hydrogen) atoms. The number of nitrogens with one attached hydrogen (secondary N) is 1. The van der Waals surface area contributed by atoms with Crippen LogP contribution in [0, 0.1) is 0 Å². The van der Waals surface area contributed by atoms with Gasteiger partial charge in [-0.3, -0.25) is 9.80 Å². The number of aromatic nitrogens is 2. The molecule has 0 aliphatic carbocycles. The first-order valence-corrected chi connectivity index (χ1v) is 8.41. The fraction of sp³-hybridized carbons (Fsp3) is 0.750. The van der Waals surface area contributed by atoms with E-state index in [1.54, 1.807) is 0 Å². The van der Waals surface area contributed by atoms with Gasteiger partial charge >= 0.3 is 0 Å². The normalized spacial score (nSPS) is 31.2. The Morgan fingerprint density at radius 1 is 1.19 bits per heavy atom. The molecule has 1 atom stereocenters. The number of piperazine rings is 3. The van der Waals surface area contributed by atoms with E-state index in [0.717, 1.165) is 44.7 Å². The van der Waals surface area contributed by atoms with Crippen molar-refractivity contribution in [2.45, 2.75) is 38.8 Å². The van der Waals surface area contributed by atoms with Gasteiger partial charge in [0.2, 0.25) is 0 Å². The van der Waals surface area contributed by atoms with Gasteiger partial charge in [-0.25, -0.2) is 9.97 Å². The zero-order valence-electron chi connectivity index (χ0n) is 12.9. The molecular formula is C16H25N5. The van der Waals surface area contributed by atoms with Crippen molar-refractivity contribution >= 4 is 0 Å². The van der Waals surface area contributed by atoms with E-state index in [9.17, 15) is 0 Å². The van der Waals surface area contributed by atoms with Crippen LogP contribution in [-0.2, 0) is 19.4 Å². The van der Waals surface area contributed by atoms with Gasteiger partial charge in [-0.2, -0.15) is 0 Å². The number of nitrogens with zero attached hydrogens (tertiary/aromatic N) is 4. The number of aryl methyl sites for hydroxylation is 1. The second-order valence-electron chi connectivity index (χ2n) is 6.48. The Kier molecular flexibility index (Phi) is 3.65. The number of hydrogen-bond donors (Lipinski definition) is 1. The molecule has 0 amide bonds. The van der Waals surface area contributed by atoms with Gasteiger partial charge in [0.15, 0.2) is 0 Å². The van der Waals surface area contributed by atoms with Crippen LogP contribution in [-0.4, -0.2) is 59.0 Å². The van der Waals surface area contributed by atoms with Gasteiger partial charge in [-0.05, 0) is 6.42 Å². The molecule has 2 bridgehead atoms. The summed E-state index contributed by atoms with van der Waals surface area (Å²) in [7, 11) is 0. The van der Waals surface area contributed by atoms with E-state index >= 15 is 0 Å². The van der Waals surface area contributed by atoms with Crippen molar-refractivity contribution in [1.29, 1.82) is 0 Å². The minimum Gasteiger partial charge on any atom is -0.312 e. The van der Waals surface area contributed by atoms with Crippen molar-refractivity contribution in [3.8, 4) is 0 Å². The van der Waals surface area contributed by atoms with Crippen LogP contribution in [0.25, 0.3) is 0 Å². The lowest BCUT2D eigenvalue weighted by atomic mass is 10.0. The highest BCUT2D eigenvalue weighted by molar-refractivity contribution is 5.29. The Labute approximate surface area is 126 Å². The van der Waals surface area contributed by atoms with Gasteiger partial charge in [-0.15, -0.1) is 0 Å². The zero-order valence-corrected chi connectivity index (χ0v) is 12.9. The van der Waals surface area contributed by atoms with E-state index in [0.29, 0.717) is 6.04 Å². The maximum absolute atomic E-state index is 5.00. The van der Waals surface area contributed by atoms with E-state index in [4.69, 9.17) is 9.97 Å². The highest BCUT2D eigenvalue weighted by Crippen LogP contribution is 2.28. The number of fused-ring (bicyclic) bond motifs is 4. The lowest BCUT2D eigenvalue weighted by Crippen LogP contribution is -2.57. The Hall–Kier alpha value is -1.04. The molecule has 5 nitrogen and oxygen atoms in total. The highest BCUT2D eigenvalue weighted by Gasteiger charge is 2.35. The van der Waals surface area contributed by atoms with Crippen molar-refractivity contribution in [1.82, 2.24) is 25.1 Å². The highest BCUT2D eigenvalue weighted by atomic mass is 15.4. The molecule has 5 heteroatoms. The molecule has 3 fully saturated rings. The van der Waals surface area contributed by atoms with E-state index in [-0.39, 0.29) is 0 Å². The predicted molar refractivity (Wildman–Crippen MR) is 82.2 cm³/mol. The first-order valence-electron chi connectivity index (χ1n) is 8.41. The average molecular weight is 287 g/mol. The van der Waals surface area contributed by atoms with Crippen LogP contribution in [0.5, 0.6) is 0 Å². The summed E-state index contributed by atoms with van der Waals surface area (Å²) in [6.45, 7) is 10.1. The van der Waals surface area contributed by atoms with Gasteiger partial charge in [0.25, 0.3) is 0 Å². The first kappa shape index (κ1) is 13.6. The average Bonchev–Trinajstić information content (AvgIpc) is 2.56. The molecule has 0 aromatic carbocycles. The summed E-state index contributed by atoms with van der Waals surface area (Å²) in [5.74, 6) is 1.09. The standard InChI is InChI=1S/C16H25N5/c1-2-3-13-12-10-17-5-4-14(12)19-16(18-13)15-11-20-6-8-21(15)9-7-20/h15,17H,2-11H2,1H3. The molecule has 3 saturated heterocycles. The van der Waals surface area contributed by atoms with Crippen LogP contribution in [0.3, 0.4) is 0 Å². The van der Waals surface area contributed by atoms with Crippen LogP contribution >= 0.6 is 0 Å². The van der Waals surface area contributed by atoms with Gasteiger partial charge in [0.1, 0.15) is 5.82 Å². The maximum atomic E-state index is 5.00. The molecule has 4 aliphatic rings. The fourth-order valence-electron chi connectivity index (χ4n) is 3.89. The summed E-state index contributed by atoms with van der Waals surface area (Å²) in [5, 5.41) is 3.47. The molecule has 1 N–H and O–H groups in total. The quantitative estimate of drug-likeness (QED) is 0.889. The molecule has 5 heterocycles. The minimum atomic E-state index is 0.420. The summed E-state index contributed by atoms with van der Waals surface area (Å²) >= 11 is 0. The van der Waals surface area contributed by atoms with Crippen LogP contribution in [0.2, 0.25) is 0 Å². The van der Waals surface area contributed by atoms with Crippen LogP contribution in [0.4, 0.5) is 0 Å². The van der Waals surface area contributed by atoms with Crippen LogP contribution in [0.15, 0.2) is 0 Å². The molecule has 0 radical (unpaired) electrons. The van der Waals surface area contributed by atoms with Gasteiger partial charge in [-0.1, -0.05) is 13.3 Å². The largest absolute Gasteiger partial charge is 0.312 e. The Morgan fingerprint density at radius 3 is 2.76 bits per heavy atom. The Morgan fingerprint density at radius 2 is 2.05 bits per heavy atom. The molecule has 5 rings (SSSR count). The summed E-state index contributed by atoms with van der Waals surface area (Å²) in [5.41, 5.74) is 3.98. The minimum absolute atomic E-state index is 0.420. The predicted octanol–water partition coefficient (Wildman–Crippen LogP) is 0.747. The summed E-state index contributed by atoms with van der Waals surface area (Å²) < 4.78 is 0. The Bertz CT molecular complexity index is 522. The third-order valence-corrected chi connectivity index (χ3v) is 5.10. The second kappa shape index (κ2) is 5.63. The fourth-order valence-corrected chi connectivity index (χ4v) is 3.89. The SMILES string of the molecule is CCCc1nc(C2CN3CCN2CC3)nc2c1CNCC2. The van der Waals surface area contributed by atoms with E-state index in [1.165, 1.54) is 43.1 Å². The van der Waals surface area contributed by atoms with E-state index in [2.05, 4.69) is 22.0 Å². The summed E-state index contributed by atoms with van der Waals surface area (Å²) in [6, 6.07) is 0.420. The van der Waals surface area contributed by atoms with Crippen LogP contribution in [0.1, 0.15) is 42.2 Å². The molecule has 4 aliphatic heterocycles. The Balaban J connectivity index is 1.70. The molecule has 0 saturated carbocycles.